The number of hydrogen-bond donors (Lipinski definition) is 4. The maximum atomic E-state index is 12.2. The maximum absolute atomic E-state index is 12.2. The smallest absolute Gasteiger partial charge is 0.326 e. The molecule has 1 aromatic rings. The second-order valence-corrected chi connectivity index (χ2v) is 5.12. The van der Waals surface area contributed by atoms with Gasteiger partial charge in [-0.15, -0.1) is 0 Å². The van der Waals surface area contributed by atoms with Gasteiger partial charge in [-0.1, -0.05) is 0 Å². The van der Waals surface area contributed by atoms with Crippen molar-refractivity contribution in [2.75, 3.05) is 13.2 Å². The van der Waals surface area contributed by atoms with E-state index in [1.807, 2.05) is 0 Å². The van der Waals surface area contributed by atoms with E-state index in [-0.39, 0.29) is 25.6 Å². The molecular formula is C13H20N4O4. The van der Waals surface area contributed by atoms with E-state index in [1.54, 1.807) is 0 Å². The highest BCUT2D eigenvalue weighted by atomic mass is 16.4. The van der Waals surface area contributed by atoms with Crippen LogP contribution in [0.1, 0.15) is 25.0 Å². The summed E-state index contributed by atoms with van der Waals surface area (Å²) in [6.07, 6.45) is 5.97. The van der Waals surface area contributed by atoms with E-state index >= 15 is 0 Å². The molecule has 8 nitrogen and oxygen atoms in total. The Hall–Kier alpha value is -2.09. The predicted octanol–water partition coefficient (Wildman–Crippen LogP) is -0.0382. The summed E-state index contributed by atoms with van der Waals surface area (Å²) >= 11 is 0. The number of hydrogen-bond acceptors (Lipinski definition) is 4. The van der Waals surface area contributed by atoms with Gasteiger partial charge in [0, 0.05) is 30.9 Å². The quantitative estimate of drug-likeness (QED) is 0.563. The van der Waals surface area contributed by atoms with E-state index < -0.39 is 18.0 Å². The Bertz CT molecular complexity index is 473. The topological polar surface area (TPSA) is 119 Å². The number of aliphatic carboxylic acids is 1. The molecular weight excluding hydrogens is 276 g/mol. The molecule has 116 valence electrons. The van der Waals surface area contributed by atoms with Crippen LogP contribution in [0.25, 0.3) is 0 Å². The summed E-state index contributed by atoms with van der Waals surface area (Å²) in [4.78, 5) is 31.7. The number of aliphatic hydroxyl groups is 1. The lowest BCUT2D eigenvalue weighted by atomic mass is 9.91. The summed E-state index contributed by atoms with van der Waals surface area (Å²) in [5, 5.41) is 20.8. The summed E-state index contributed by atoms with van der Waals surface area (Å²) in [6.45, 7) is 0.0785. The van der Waals surface area contributed by atoms with Gasteiger partial charge in [0.25, 0.3) is 0 Å². The fourth-order valence-corrected chi connectivity index (χ4v) is 2.30. The lowest BCUT2D eigenvalue weighted by Gasteiger charge is -2.37. The van der Waals surface area contributed by atoms with Crippen molar-refractivity contribution in [3.05, 3.63) is 18.2 Å². The van der Waals surface area contributed by atoms with E-state index in [9.17, 15) is 14.7 Å². The summed E-state index contributed by atoms with van der Waals surface area (Å²) in [5.41, 5.74) is 0.639. The van der Waals surface area contributed by atoms with Gasteiger partial charge in [-0.25, -0.2) is 14.6 Å². The fraction of sp³-hybridized carbons (Fsp3) is 0.615. The standard InChI is InChI=1S/C13H20N4O4/c18-5-4-17(10-2-1-3-10)13(21)16-11(12(19)20)6-9-7-14-8-15-9/h7-8,10-11,18H,1-6H2,(H,14,15)(H,16,21)(H,19,20)/t11-/m0/s1. The third-order valence-corrected chi connectivity index (χ3v) is 3.69. The third-order valence-electron chi connectivity index (χ3n) is 3.69. The van der Waals surface area contributed by atoms with Gasteiger partial charge in [-0.05, 0) is 19.3 Å². The van der Waals surface area contributed by atoms with Crippen molar-refractivity contribution in [1.82, 2.24) is 20.2 Å². The largest absolute Gasteiger partial charge is 0.480 e. The minimum absolute atomic E-state index is 0.0961. The van der Waals surface area contributed by atoms with Crippen molar-refractivity contribution >= 4 is 12.0 Å². The fourth-order valence-electron chi connectivity index (χ4n) is 2.30. The summed E-state index contributed by atoms with van der Waals surface area (Å²) < 4.78 is 0. The van der Waals surface area contributed by atoms with Crippen LogP contribution in [0.15, 0.2) is 12.5 Å². The minimum atomic E-state index is -1.10. The average Bonchev–Trinajstić information content (AvgIpc) is 2.88. The molecule has 1 heterocycles. The van der Waals surface area contributed by atoms with Gasteiger partial charge in [0.1, 0.15) is 6.04 Å². The molecule has 1 aliphatic rings. The molecule has 0 aliphatic heterocycles. The second-order valence-electron chi connectivity index (χ2n) is 5.12. The molecule has 0 spiro atoms. The first-order valence-electron chi connectivity index (χ1n) is 7.00. The highest BCUT2D eigenvalue weighted by Gasteiger charge is 2.31. The number of carboxylic acids is 1. The minimum Gasteiger partial charge on any atom is -0.480 e. The van der Waals surface area contributed by atoms with Gasteiger partial charge < -0.3 is 25.4 Å². The highest BCUT2D eigenvalue weighted by molar-refractivity contribution is 5.83. The predicted molar refractivity (Wildman–Crippen MR) is 73.7 cm³/mol. The number of nitrogens with zero attached hydrogens (tertiary/aromatic N) is 2. The molecule has 0 saturated heterocycles. The van der Waals surface area contributed by atoms with Gasteiger partial charge in [-0.3, -0.25) is 0 Å². The summed E-state index contributed by atoms with van der Waals surface area (Å²) in [5.74, 6) is -1.10. The zero-order chi connectivity index (χ0) is 15.2. The molecule has 4 N–H and O–H groups in total. The number of nitrogens with one attached hydrogen (secondary N) is 2. The molecule has 1 saturated carbocycles. The van der Waals surface area contributed by atoms with E-state index in [0.717, 1.165) is 19.3 Å². The van der Waals surface area contributed by atoms with Crippen molar-refractivity contribution < 1.29 is 19.8 Å². The Morgan fingerprint density at radius 3 is 2.76 bits per heavy atom. The van der Waals surface area contributed by atoms with Crippen LogP contribution in [0.3, 0.4) is 0 Å². The Morgan fingerprint density at radius 2 is 2.29 bits per heavy atom. The first-order chi connectivity index (χ1) is 10.1. The SMILES string of the molecule is O=C(O)[C@H](Cc1cnc[nH]1)NC(=O)N(CCO)C1CCC1. The molecule has 8 heteroatoms. The summed E-state index contributed by atoms with van der Waals surface area (Å²) in [6, 6.07) is -1.38. The van der Waals surface area contributed by atoms with E-state index in [0.29, 0.717) is 5.69 Å². The van der Waals surface area contributed by atoms with Crippen LogP contribution in [-0.2, 0) is 11.2 Å². The number of imidazole rings is 1. The summed E-state index contributed by atoms with van der Waals surface area (Å²) in [7, 11) is 0. The molecule has 0 aromatic carbocycles. The van der Waals surface area contributed by atoms with Gasteiger partial charge >= 0.3 is 12.0 Å². The lowest BCUT2D eigenvalue weighted by Crippen LogP contribution is -2.54. The molecule has 0 unspecified atom stereocenters. The van der Waals surface area contributed by atoms with E-state index in [1.165, 1.54) is 17.4 Å². The zero-order valence-corrected chi connectivity index (χ0v) is 11.7. The van der Waals surface area contributed by atoms with Crippen LogP contribution in [-0.4, -0.2) is 62.3 Å². The molecule has 1 atom stereocenters. The first-order valence-corrected chi connectivity index (χ1v) is 7.00. The van der Waals surface area contributed by atoms with Crippen molar-refractivity contribution in [2.24, 2.45) is 0 Å². The third kappa shape index (κ3) is 3.94. The highest BCUT2D eigenvalue weighted by Crippen LogP contribution is 2.24. The molecule has 2 rings (SSSR count). The van der Waals surface area contributed by atoms with Gasteiger partial charge in [0.05, 0.1) is 12.9 Å². The second kappa shape index (κ2) is 7.07. The monoisotopic (exact) mass is 296 g/mol. The van der Waals surface area contributed by atoms with Crippen LogP contribution >= 0.6 is 0 Å². The van der Waals surface area contributed by atoms with Gasteiger partial charge in [-0.2, -0.15) is 0 Å². The molecule has 1 aromatic heterocycles. The van der Waals surface area contributed by atoms with Gasteiger partial charge in [0.15, 0.2) is 0 Å². The van der Waals surface area contributed by atoms with Crippen LogP contribution in [0.4, 0.5) is 4.79 Å². The Kier molecular flexibility index (Phi) is 5.15. The molecule has 1 fully saturated rings. The molecule has 0 radical (unpaired) electrons. The van der Waals surface area contributed by atoms with E-state index in [2.05, 4.69) is 15.3 Å². The van der Waals surface area contributed by atoms with E-state index in [4.69, 9.17) is 5.11 Å². The van der Waals surface area contributed by atoms with Gasteiger partial charge in [0.2, 0.25) is 0 Å². The number of aromatic nitrogens is 2. The van der Waals surface area contributed by atoms with Crippen molar-refractivity contribution in [3.8, 4) is 0 Å². The number of carbonyl (C=O) groups excluding carboxylic acids is 1. The van der Waals surface area contributed by atoms with Crippen molar-refractivity contribution in [3.63, 3.8) is 0 Å². The van der Waals surface area contributed by atoms with Crippen LogP contribution < -0.4 is 5.32 Å². The lowest BCUT2D eigenvalue weighted by molar-refractivity contribution is -0.139. The normalized spacial score (nSPS) is 16.0. The molecule has 2 amide bonds. The molecule has 0 bridgehead atoms. The number of H-pyrrole nitrogens is 1. The number of carboxylic acid groups (broad SMARTS) is 1. The maximum Gasteiger partial charge on any atom is 0.326 e. The van der Waals surface area contributed by atoms with Crippen molar-refractivity contribution in [1.29, 1.82) is 0 Å². The Morgan fingerprint density at radius 1 is 1.52 bits per heavy atom. The molecule has 21 heavy (non-hydrogen) atoms. The number of amides is 2. The molecule has 1 aliphatic carbocycles. The number of rotatable bonds is 7. The average molecular weight is 296 g/mol. The Labute approximate surface area is 122 Å². The zero-order valence-electron chi connectivity index (χ0n) is 11.7. The van der Waals surface area contributed by atoms with Crippen LogP contribution in [0.5, 0.6) is 0 Å². The number of aliphatic hydroxyl groups excluding tert-OH is 1. The number of urea groups is 1. The van der Waals surface area contributed by atoms with Crippen molar-refractivity contribution in [2.45, 2.75) is 37.8 Å². The Balaban J connectivity index is 1.97. The number of carbonyl (C=O) groups is 2. The first kappa shape index (κ1) is 15.3. The number of aromatic amines is 1. The van der Waals surface area contributed by atoms with Crippen LogP contribution in [0, 0.1) is 0 Å². The van der Waals surface area contributed by atoms with Crippen LogP contribution in [0.2, 0.25) is 0 Å².